The van der Waals surface area contributed by atoms with Gasteiger partial charge in [0.15, 0.2) is 5.82 Å². The van der Waals surface area contributed by atoms with Crippen molar-refractivity contribution < 1.29 is 4.74 Å². The van der Waals surface area contributed by atoms with E-state index < -0.39 is 0 Å². The number of hydrogen-bond donors (Lipinski definition) is 0. The third-order valence-electron chi connectivity index (χ3n) is 3.43. The minimum atomic E-state index is 0.673. The van der Waals surface area contributed by atoms with E-state index >= 15 is 0 Å². The van der Waals surface area contributed by atoms with E-state index in [1.165, 1.54) is 0 Å². The smallest absolute Gasteiger partial charge is 0.228 e. The number of nitrogens with zero attached hydrogens (tertiary/aromatic N) is 5. The maximum atomic E-state index is 5.33. The highest BCUT2D eigenvalue weighted by molar-refractivity contribution is 7.08. The van der Waals surface area contributed by atoms with Crippen LogP contribution >= 0.6 is 11.3 Å². The van der Waals surface area contributed by atoms with Crippen molar-refractivity contribution in [1.29, 1.82) is 0 Å². The first-order valence-electron chi connectivity index (χ1n) is 6.51. The van der Waals surface area contributed by atoms with Crippen LogP contribution in [0.3, 0.4) is 0 Å². The van der Waals surface area contributed by atoms with Crippen molar-refractivity contribution in [2.75, 3.05) is 45.2 Å². The molecule has 0 aromatic carbocycles. The molecule has 7 heteroatoms. The van der Waals surface area contributed by atoms with Crippen molar-refractivity contribution in [3.05, 3.63) is 17.1 Å². The normalized spacial score (nSPS) is 16.4. The zero-order valence-electron chi connectivity index (χ0n) is 11.6. The Kier molecular flexibility index (Phi) is 3.79. The van der Waals surface area contributed by atoms with Crippen molar-refractivity contribution in [2.24, 2.45) is 0 Å². The molecule has 20 heavy (non-hydrogen) atoms. The standard InChI is InChI=1S/C13H17N5OS/c1-17-3-5-18(6-4-17)13-15-9-14-12(16-13)10-7-20-8-11(10)19-2/h7-9H,3-6H2,1-2H3. The van der Waals surface area contributed by atoms with Gasteiger partial charge in [0.05, 0.1) is 12.7 Å². The maximum absolute atomic E-state index is 5.33. The van der Waals surface area contributed by atoms with Crippen LogP contribution in [-0.2, 0) is 0 Å². The monoisotopic (exact) mass is 291 g/mol. The van der Waals surface area contributed by atoms with E-state index in [-0.39, 0.29) is 0 Å². The average molecular weight is 291 g/mol. The Balaban J connectivity index is 1.86. The summed E-state index contributed by atoms with van der Waals surface area (Å²) in [5, 5.41) is 3.95. The molecule has 1 fully saturated rings. The van der Waals surface area contributed by atoms with Crippen LogP contribution in [0.2, 0.25) is 0 Å². The SMILES string of the molecule is COc1cscc1-c1ncnc(N2CCN(C)CC2)n1. The van der Waals surface area contributed by atoms with Gasteiger partial charge in [-0.3, -0.25) is 0 Å². The molecule has 0 amide bonds. The van der Waals surface area contributed by atoms with Crippen molar-refractivity contribution >= 4 is 17.3 Å². The first-order chi connectivity index (χ1) is 9.78. The van der Waals surface area contributed by atoms with Crippen LogP contribution in [0.1, 0.15) is 0 Å². The van der Waals surface area contributed by atoms with Crippen LogP contribution < -0.4 is 9.64 Å². The van der Waals surface area contributed by atoms with Gasteiger partial charge in [-0.25, -0.2) is 9.97 Å². The highest BCUT2D eigenvalue weighted by Crippen LogP contribution is 2.31. The lowest BCUT2D eigenvalue weighted by Crippen LogP contribution is -2.45. The van der Waals surface area contributed by atoms with Crippen LogP contribution in [0.25, 0.3) is 11.4 Å². The van der Waals surface area contributed by atoms with E-state index in [9.17, 15) is 0 Å². The molecule has 3 heterocycles. The quantitative estimate of drug-likeness (QED) is 0.851. The molecule has 0 unspecified atom stereocenters. The lowest BCUT2D eigenvalue weighted by atomic mass is 10.3. The lowest BCUT2D eigenvalue weighted by Gasteiger charge is -2.32. The average Bonchev–Trinajstić information content (AvgIpc) is 2.96. The van der Waals surface area contributed by atoms with Gasteiger partial charge >= 0.3 is 0 Å². The van der Waals surface area contributed by atoms with Crippen molar-refractivity contribution in [2.45, 2.75) is 0 Å². The first kappa shape index (κ1) is 13.3. The van der Waals surface area contributed by atoms with Crippen LogP contribution in [0.5, 0.6) is 5.75 Å². The molecule has 0 bridgehead atoms. The van der Waals surface area contributed by atoms with Crippen LogP contribution in [0.15, 0.2) is 17.1 Å². The number of hydrogen-bond acceptors (Lipinski definition) is 7. The maximum Gasteiger partial charge on any atom is 0.228 e. The Hall–Kier alpha value is -1.73. The first-order valence-corrected chi connectivity index (χ1v) is 7.45. The molecular weight excluding hydrogens is 274 g/mol. The topological polar surface area (TPSA) is 54.4 Å². The van der Waals surface area contributed by atoms with E-state index in [1.54, 1.807) is 24.8 Å². The van der Waals surface area contributed by atoms with Crippen molar-refractivity contribution in [1.82, 2.24) is 19.9 Å². The van der Waals surface area contributed by atoms with E-state index in [0.29, 0.717) is 5.82 Å². The molecule has 1 saturated heterocycles. The summed E-state index contributed by atoms with van der Waals surface area (Å²) >= 11 is 1.58. The van der Waals surface area contributed by atoms with Gasteiger partial charge in [-0.15, -0.1) is 11.3 Å². The van der Waals surface area contributed by atoms with Crippen LogP contribution in [0.4, 0.5) is 5.95 Å². The zero-order chi connectivity index (χ0) is 13.9. The molecule has 106 valence electrons. The Morgan fingerprint density at radius 1 is 1.15 bits per heavy atom. The summed E-state index contributed by atoms with van der Waals surface area (Å²) in [6.45, 7) is 3.95. The predicted molar refractivity (Wildman–Crippen MR) is 79.4 cm³/mol. The fourth-order valence-electron chi connectivity index (χ4n) is 2.18. The summed E-state index contributed by atoms with van der Waals surface area (Å²) in [5.41, 5.74) is 0.926. The Morgan fingerprint density at radius 2 is 1.95 bits per heavy atom. The number of likely N-dealkylation sites (N-methyl/N-ethyl adjacent to an activating group) is 1. The van der Waals surface area contributed by atoms with Crippen molar-refractivity contribution in [3.63, 3.8) is 0 Å². The minimum Gasteiger partial charge on any atom is -0.495 e. The summed E-state index contributed by atoms with van der Waals surface area (Å²) in [5.74, 6) is 2.23. The largest absolute Gasteiger partial charge is 0.495 e. The number of piperazine rings is 1. The molecular formula is C13H17N5OS. The van der Waals surface area contributed by atoms with Gasteiger partial charge < -0.3 is 14.5 Å². The lowest BCUT2D eigenvalue weighted by molar-refractivity contribution is 0.311. The van der Waals surface area contributed by atoms with Gasteiger partial charge in [-0.2, -0.15) is 4.98 Å². The molecule has 2 aromatic heterocycles. The van der Waals surface area contributed by atoms with Gasteiger partial charge in [-0.05, 0) is 7.05 Å². The summed E-state index contributed by atoms with van der Waals surface area (Å²) in [4.78, 5) is 17.7. The number of methoxy groups -OCH3 is 1. The minimum absolute atomic E-state index is 0.673. The number of anilines is 1. The molecule has 1 aliphatic heterocycles. The van der Waals surface area contributed by atoms with Gasteiger partial charge in [0.2, 0.25) is 5.95 Å². The Morgan fingerprint density at radius 3 is 2.70 bits per heavy atom. The molecule has 1 aliphatic rings. The second kappa shape index (κ2) is 5.72. The van der Waals surface area contributed by atoms with Gasteiger partial charge in [0.1, 0.15) is 12.1 Å². The zero-order valence-corrected chi connectivity index (χ0v) is 12.4. The van der Waals surface area contributed by atoms with E-state index in [4.69, 9.17) is 4.74 Å². The molecule has 0 radical (unpaired) electrons. The molecule has 0 saturated carbocycles. The third kappa shape index (κ3) is 2.59. The number of ether oxygens (including phenoxy) is 1. The second-order valence-electron chi connectivity index (χ2n) is 4.75. The molecule has 2 aromatic rings. The predicted octanol–water partition coefficient (Wildman–Crippen LogP) is 1.36. The number of aromatic nitrogens is 3. The van der Waals surface area contributed by atoms with E-state index in [1.807, 2.05) is 10.8 Å². The van der Waals surface area contributed by atoms with E-state index in [0.717, 1.165) is 43.4 Å². The molecule has 0 atom stereocenters. The number of thiophene rings is 1. The summed E-state index contributed by atoms with van der Waals surface area (Å²) in [6, 6.07) is 0. The number of rotatable bonds is 3. The summed E-state index contributed by atoms with van der Waals surface area (Å²) in [6.07, 6.45) is 1.58. The molecule has 0 spiro atoms. The van der Waals surface area contributed by atoms with Gasteiger partial charge in [0, 0.05) is 36.9 Å². The summed E-state index contributed by atoms with van der Waals surface area (Å²) in [7, 11) is 3.79. The Labute approximate surface area is 122 Å². The fraction of sp³-hybridized carbons (Fsp3) is 0.462. The highest BCUT2D eigenvalue weighted by atomic mass is 32.1. The van der Waals surface area contributed by atoms with Gasteiger partial charge in [-0.1, -0.05) is 0 Å². The second-order valence-corrected chi connectivity index (χ2v) is 5.50. The molecule has 0 N–H and O–H groups in total. The fourth-order valence-corrected chi connectivity index (χ4v) is 2.96. The third-order valence-corrected chi connectivity index (χ3v) is 4.15. The molecule has 0 aliphatic carbocycles. The highest BCUT2D eigenvalue weighted by Gasteiger charge is 2.18. The Bertz CT molecular complexity index is 580. The van der Waals surface area contributed by atoms with Crippen LogP contribution in [0, 0.1) is 0 Å². The summed E-state index contributed by atoms with van der Waals surface area (Å²) < 4.78 is 5.33. The van der Waals surface area contributed by atoms with E-state index in [2.05, 4.69) is 31.8 Å². The van der Waals surface area contributed by atoms with Crippen molar-refractivity contribution in [3.8, 4) is 17.1 Å². The van der Waals surface area contributed by atoms with Gasteiger partial charge in [0.25, 0.3) is 0 Å². The molecule has 6 nitrogen and oxygen atoms in total. The molecule has 3 rings (SSSR count). The van der Waals surface area contributed by atoms with Crippen LogP contribution in [-0.4, -0.2) is 60.2 Å².